The van der Waals surface area contributed by atoms with Crippen LogP contribution < -0.4 is 0 Å². The van der Waals surface area contributed by atoms with Crippen molar-refractivity contribution in [1.29, 1.82) is 0 Å². The molecule has 0 spiro atoms. The normalized spacial score (nSPS) is 11.9. The van der Waals surface area contributed by atoms with Crippen LogP contribution in [-0.4, -0.2) is 12.4 Å². The van der Waals surface area contributed by atoms with Gasteiger partial charge in [-0.3, -0.25) is 0 Å². The molecule has 2 aromatic carbocycles. The molecular weight excluding hydrogens is 317 g/mol. The number of benzene rings is 2. The number of fused-ring (bicyclic) bond motifs is 1. The molecule has 20 heavy (non-hydrogen) atoms. The summed E-state index contributed by atoms with van der Waals surface area (Å²) >= 11 is 12.0. The maximum absolute atomic E-state index is 12.7. The molecule has 0 amide bonds. The van der Waals surface area contributed by atoms with Gasteiger partial charge in [-0.25, -0.2) is 12.4 Å². The summed E-state index contributed by atoms with van der Waals surface area (Å²) in [5.74, 6) is 0. The third kappa shape index (κ3) is 2.00. The molecule has 1 heterocycles. The predicted octanol–water partition coefficient (Wildman–Crippen LogP) is 4.19. The molecule has 0 fully saturated rings. The number of aromatic nitrogens is 1. The van der Waals surface area contributed by atoms with Crippen LogP contribution in [0.25, 0.3) is 10.9 Å². The van der Waals surface area contributed by atoms with Gasteiger partial charge in [0.25, 0.3) is 10.0 Å². The van der Waals surface area contributed by atoms with E-state index in [4.69, 9.17) is 23.2 Å². The zero-order valence-electron chi connectivity index (χ0n) is 10.1. The van der Waals surface area contributed by atoms with E-state index in [1.807, 2.05) is 12.1 Å². The fraction of sp³-hybridized carbons (Fsp3) is 0. The highest BCUT2D eigenvalue weighted by Gasteiger charge is 2.24. The summed E-state index contributed by atoms with van der Waals surface area (Å²) in [5.41, 5.74) is 0.587. The van der Waals surface area contributed by atoms with Gasteiger partial charge in [0, 0.05) is 11.6 Å². The van der Waals surface area contributed by atoms with Gasteiger partial charge in [-0.2, -0.15) is 0 Å². The zero-order valence-corrected chi connectivity index (χ0v) is 12.5. The Bertz CT molecular complexity index is 880. The van der Waals surface area contributed by atoms with Gasteiger partial charge in [-0.1, -0.05) is 47.5 Å². The van der Waals surface area contributed by atoms with Crippen LogP contribution >= 0.6 is 23.2 Å². The van der Waals surface area contributed by atoms with Gasteiger partial charge in [-0.05, 0) is 24.3 Å². The van der Waals surface area contributed by atoms with Gasteiger partial charge >= 0.3 is 0 Å². The van der Waals surface area contributed by atoms with Gasteiger partial charge in [0.05, 0.1) is 15.6 Å². The van der Waals surface area contributed by atoms with Crippen molar-refractivity contribution >= 4 is 44.1 Å². The highest BCUT2D eigenvalue weighted by molar-refractivity contribution is 7.90. The van der Waals surface area contributed by atoms with E-state index >= 15 is 0 Å². The van der Waals surface area contributed by atoms with Crippen molar-refractivity contribution in [3.8, 4) is 0 Å². The first-order chi connectivity index (χ1) is 9.51. The van der Waals surface area contributed by atoms with Crippen molar-refractivity contribution < 1.29 is 8.42 Å². The average Bonchev–Trinajstić information content (AvgIpc) is 2.82. The first kappa shape index (κ1) is 13.5. The lowest BCUT2D eigenvalue weighted by molar-refractivity contribution is 0.589. The fourth-order valence-electron chi connectivity index (χ4n) is 2.09. The van der Waals surface area contributed by atoms with Gasteiger partial charge in [-0.15, -0.1) is 0 Å². The molecule has 3 nitrogen and oxygen atoms in total. The Kier molecular flexibility index (Phi) is 3.24. The van der Waals surface area contributed by atoms with Crippen LogP contribution in [0.3, 0.4) is 0 Å². The van der Waals surface area contributed by atoms with Gasteiger partial charge < -0.3 is 0 Å². The third-order valence-corrected chi connectivity index (χ3v) is 5.65. The largest absolute Gasteiger partial charge is 0.271 e. The summed E-state index contributed by atoms with van der Waals surface area (Å²) in [7, 11) is -3.83. The molecule has 0 unspecified atom stereocenters. The Labute approximate surface area is 126 Å². The molecule has 0 saturated carbocycles. The maximum atomic E-state index is 12.7. The molecule has 6 heteroatoms. The van der Waals surface area contributed by atoms with Crippen molar-refractivity contribution in [3.63, 3.8) is 0 Å². The Hall–Kier alpha value is -1.49. The quantitative estimate of drug-likeness (QED) is 0.708. The van der Waals surface area contributed by atoms with Gasteiger partial charge in [0.1, 0.15) is 4.90 Å². The molecule has 0 aliphatic carbocycles. The van der Waals surface area contributed by atoms with Crippen molar-refractivity contribution in [2.24, 2.45) is 0 Å². The second-order valence-corrected chi connectivity index (χ2v) is 6.79. The molecule has 3 aromatic rings. The smallest absolute Gasteiger partial charge is 0.241 e. The first-order valence-corrected chi connectivity index (χ1v) is 7.97. The Morgan fingerprint density at radius 3 is 2.20 bits per heavy atom. The molecular formula is C14H9Cl2NO2S. The summed E-state index contributed by atoms with van der Waals surface area (Å²) in [6.45, 7) is 0. The molecule has 1 aromatic heterocycles. The molecule has 0 atom stereocenters. The molecule has 0 radical (unpaired) electrons. The molecule has 0 aliphatic rings. The molecule has 0 saturated heterocycles. The van der Waals surface area contributed by atoms with Crippen molar-refractivity contribution in [2.45, 2.75) is 4.90 Å². The van der Waals surface area contributed by atoms with Gasteiger partial charge in [0.15, 0.2) is 0 Å². The lowest BCUT2D eigenvalue weighted by atomic mass is 10.3. The Balaban J connectivity index is 2.33. The van der Waals surface area contributed by atoms with Crippen LogP contribution in [0.15, 0.2) is 59.6 Å². The Morgan fingerprint density at radius 1 is 0.850 bits per heavy atom. The minimum absolute atomic E-state index is 0.0790. The lowest BCUT2D eigenvalue weighted by Gasteiger charge is -2.10. The topological polar surface area (TPSA) is 39.1 Å². The number of nitrogens with zero attached hydrogens (tertiary/aromatic N) is 1. The van der Waals surface area contributed by atoms with Crippen LogP contribution in [0.2, 0.25) is 10.0 Å². The summed E-state index contributed by atoms with van der Waals surface area (Å²) in [6, 6.07) is 13.6. The average molecular weight is 326 g/mol. The number of rotatable bonds is 2. The SMILES string of the molecule is O=S(=O)(c1c(Cl)cccc1Cl)n1ccc2ccccc21. The van der Waals surface area contributed by atoms with E-state index in [-0.39, 0.29) is 14.9 Å². The second-order valence-electron chi connectivity index (χ2n) is 4.23. The van der Waals surface area contributed by atoms with E-state index in [1.54, 1.807) is 24.3 Å². The highest BCUT2D eigenvalue weighted by Crippen LogP contribution is 2.32. The zero-order chi connectivity index (χ0) is 14.3. The molecule has 0 bridgehead atoms. The van der Waals surface area contributed by atoms with Crippen LogP contribution in [0.5, 0.6) is 0 Å². The van der Waals surface area contributed by atoms with Crippen LogP contribution in [-0.2, 0) is 10.0 Å². The number of halogens is 2. The van der Waals surface area contributed by atoms with E-state index < -0.39 is 10.0 Å². The molecule has 102 valence electrons. The molecule has 3 rings (SSSR count). The van der Waals surface area contributed by atoms with E-state index in [2.05, 4.69) is 0 Å². The summed E-state index contributed by atoms with van der Waals surface area (Å²) in [5, 5.41) is 1.05. The van der Waals surface area contributed by atoms with Crippen LogP contribution in [0, 0.1) is 0 Å². The van der Waals surface area contributed by atoms with Crippen LogP contribution in [0.4, 0.5) is 0 Å². The third-order valence-electron chi connectivity index (χ3n) is 3.00. The summed E-state index contributed by atoms with van der Waals surface area (Å²) in [4.78, 5) is -0.0790. The summed E-state index contributed by atoms with van der Waals surface area (Å²) < 4.78 is 26.7. The van der Waals surface area contributed by atoms with Crippen LogP contribution in [0.1, 0.15) is 0 Å². The van der Waals surface area contributed by atoms with Crippen molar-refractivity contribution in [2.75, 3.05) is 0 Å². The predicted molar refractivity (Wildman–Crippen MR) is 81.0 cm³/mol. The van der Waals surface area contributed by atoms with Gasteiger partial charge in [0.2, 0.25) is 0 Å². The lowest BCUT2D eigenvalue weighted by Crippen LogP contribution is -2.12. The van der Waals surface area contributed by atoms with Crippen molar-refractivity contribution in [1.82, 2.24) is 3.97 Å². The number of hydrogen-bond donors (Lipinski definition) is 0. The second kappa shape index (κ2) is 4.81. The highest BCUT2D eigenvalue weighted by atomic mass is 35.5. The minimum Gasteiger partial charge on any atom is -0.241 e. The number of para-hydroxylation sites is 1. The summed E-state index contributed by atoms with van der Waals surface area (Å²) in [6.07, 6.45) is 1.50. The molecule has 0 N–H and O–H groups in total. The van der Waals surface area contributed by atoms with E-state index in [1.165, 1.54) is 22.3 Å². The maximum Gasteiger partial charge on any atom is 0.271 e. The Morgan fingerprint density at radius 2 is 1.50 bits per heavy atom. The van der Waals surface area contributed by atoms with E-state index in [9.17, 15) is 8.42 Å². The standard InChI is InChI=1S/C14H9Cl2NO2S/c15-11-5-3-6-12(16)14(11)20(18,19)17-9-8-10-4-1-2-7-13(10)17/h1-9H. The molecule has 0 aliphatic heterocycles. The van der Waals surface area contributed by atoms with E-state index in [0.29, 0.717) is 5.52 Å². The van der Waals surface area contributed by atoms with Crippen molar-refractivity contribution in [3.05, 3.63) is 64.8 Å². The van der Waals surface area contributed by atoms with E-state index in [0.717, 1.165) is 5.39 Å². The minimum atomic E-state index is -3.83. The first-order valence-electron chi connectivity index (χ1n) is 5.77. The monoisotopic (exact) mass is 325 g/mol. The fourth-order valence-corrected chi connectivity index (χ4v) is 4.55. The number of hydrogen-bond acceptors (Lipinski definition) is 2.